The van der Waals surface area contributed by atoms with E-state index in [1.54, 1.807) is 7.11 Å². The Hall–Kier alpha value is -0.570. The highest BCUT2D eigenvalue weighted by molar-refractivity contribution is 5.85. The monoisotopic (exact) mass is 239 g/mol. The highest BCUT2D eigenvalue weighted by Crippen LogP contribution is 2.36. The Morgan fingerprint density at radius 1 is 1.18 bits per heavy atom. The molecule has 3 heteroatoms. The zero-order valence-corrected chi connectivity index (χ0v) is 11.4. The summed E-state index contributed by atoms with van der Waals surface area (Å²) in [4.78, 5) is 14.6. The summed E-state index contributed by atoms with van der Waals surface area (Å²) in [6, 6.07) is 0.486. The van der Waals surface area contributed by atoms with Crippen LogP contribution < -0.4 is 0 Å². The molecule has 0 bridgehead atoms. The minimum Gasteiger partial charge on any atom is -0.369 e. The van der Waals surface area contributed by atoms with Gasteiger partial charge in [0.25, 0.3) is 5.91 Å². The van der Waals surface area contributed by atoms with Crippen LogP contribution in [-0.4, -0.2) is 36.1 Å². The Morgan fingerprint density at radius 2 is 1.82 bits per heavy atom. The molecule has 1 atom stereocenters. The molecule has 1 aliphatic heterocycles. The number of rotatable bonds is 3. The van der Waals surface area contributed by atoms with Crippen LogP contribution in [0.5, 0.6) is 0 Å². The maximum absolute atomic E-state index is 12.5. The van der Waals surface area contributed by atoms with E-state index in [1.165, 1.54) is 32.1 Å². The molecule has 0 spiro atoms. The molecule has 1 unspecified atom stereocenters. The van der Waals surface area contributed by atoms with Crippen molar-refractivity contribution in [3.8, 4) is 0 Å². The van der Waals surface area contributed by atoms with E-state index in [-0.39, 0.29) is 5.91 Å². The minimum atomic E-state index is -0.665. The average molecular weight is 239 g/mol. The normalized spacial score (nSPS) is 26.8. The number of hydrogen-bond acceptors (Lipinski definition) is 2. The first-order valence-corrected chi connectivity index (χ1v) is 6.92. The van der Waals surface area contributed by atoms with Crippen molar-refractivity contribution in [2.45, 2.75) is 64.0 Å². The van der Waals surface area contributed by atoms with Gasteiger partial charge in [-0.15, -0.1) is 0 Å². The Labute approximate surface area is 105 Å². The smallest absolute Gasteiger partial charge is 0.254 e. The van der Waals surface area contributed by atoms with E-state index in [4.69, 9.17) is 4.74 Å². The van der Waals surface area contributed by atoms with Gasteiger partial charge in [0.05, 0.1) is 0 Å². The molecule has 0 aromatic rings. The number of likely N-dealkylation sites (tertiary alicyclic amines) is 1. The number of hydrogen-bond donors (Lipinski definition) is 0. The molecule has 0 aromatic heterocycles. The summed E-state index contributed by atoms with van der Waals surface area (Å²) in [5.74, 6) is 0.920. The quantitative estimate of drug-likeness (QED) is 0.757. The van der Waals surface area contributed by atoms with Crippen molar-refractivity contribution >= 4 is 5.91 Å². The third-order valence-corrected chi connectivity index (χ3v) is 4.53. The molecule has 0 radical (unpaired) electrons. The van der Waals surface area contributed by atoms with Crippen LogP contribution in [-0.2, 0) is 9.53 Å². The summed E-state index contributed by atoms with van der Waals surface area (Å²) in [7, 11) is 1.62. The van der Waals surface area contributed by atoms with Gasteiger partial charge in [-0.1, -0.05) is 12.8 Å². The average Bonchev–Trinajstić information content (AvgIpc) is 2.97. The van der Waals surface area contributed by atoms with E-state index >= 15 is 0 Å². The predicted molar refractivity (Wildman–Crippen MR) is 67.8 cm³/mol. The van der Waals surface area contributed by atoms with Gasteiger partial charge >= 0.3 is 0 Å². The van der Waals surface area contributed by atoms with Crippen molar-refractivity contribution in [2.24, 2.45) is 5.92 Å². The van der Waals surface area contributed by atoms with Crippen LogP contribution in [0.2, 0.25) is 0 Å². The zero-order chi connectivity index (χ0) is 12.5. The minimum absolute atomic E-state index is 0.175. The van der Waals surface area contributed by atoms with Crippen LogP contribution in [0.1, 0.15) is 52.4 Å². The number of ether oxygens (including phenoxy) is 1. The molecule has 0 N–H and O–H groups in total. The molecular formula is C14H25NO2. The molecule has 3 nitrogen and oxygen atoms in total. The highest BCUT2D eigenvalue weighted by Gasteiger charge is 2.41. The molecule has 1 saturated carbocycles. The van der Waals surface area contributed by atoms with Crippen molar-refractivity contribution in [2.75, 3.05) is 13.7 Å². The lowest BCUT2D eigenvalue weighted by atomic mass is 9.95. The lowest BCUT2D eigenvalue weighted by Gasteiger charge is -2.34. The van der Waals surface area contributed by atoms with Crippen LogP contribution in [0.15, 0.2) is 0 Å². The molecule has 98 valence electrons. The lowest BCUT2D eigenvalue weighted by molar-refractivity contribution is -0.152. The molecule has 2 rings (SSSR count). The van der Waals surface area contributed by atoms with E-state index in [2.05, 4.69) is 4.90 Å². The van der Waals surface area contributed by atoms with Crippen molar-refractivity contribution in [1.82, 2.24) is 4.90 Å². The van der Waals surface area contributed by atoms with E-state index in [9.17, 15) is 4.79 Å². The second-order valence-electron chi connectivity index (χ2n) is 5.97. The number of carbonyl (C=O) groups excluding carboxylic acids is 1. The second kappa shape index (κ2) is 4.97. The summed E-state index contributed by atoms with van der Waals surface area (Å²) in [5, 5.41) is 0. The first-order chi connectivity index (χ1) is 8.06. The zero-order valence-electron chi connectivity index (χ0n) is 11.4. The summed E-state index contributed by atoms with van der Waals surface area (Å²) in [6.45, 7) is 4.67. The second-order valence-corrected chi connectivity index (χ2v) is 5.97. The van der Waals surface area contributed by atoms with Gasteiger partial charge in [-0.3, -0.25) is 4.79 Å². The lowest BCUT2D eigenvalue weighted by Crippen LogP contribution is -2.50. The summed E-state index contributed by atoms with van der Waals surface area (Å²) in [5.41, 5.74) is -0.665. The molecule has 17 heavy (non-hydrogen) atoms. The predicted octanol–water partition coefficient (Wildman–Crippen LogP) is 2.59. The van der Waals surface area contributed by atoms with E-state index < -0.39 is 5.60 Å². The molecule has 0 aromatic carbocycles. The molecular weight excluding hydrogens is 214 g/mol. The van der Waals surface area contributed by atoms with Crippen LogP contribution in [0.25, 0.3) is 0 Å². The number of amides is 1. The van der Waals surface area contributed by atoms with Crippen LogP contribution in [0.4, 0.5) is 0 Å². The maximum atomic E-state index is 12.5. The summed E-state index contributed by atoms with van der Waals surface area (Å²) in [6.07, 6.45) is 7.65. The van der Waals surface area contributed by atoms with E-state index in [1.807, 2.05) is 13.8 Å². The summed E-state index contributed by atoms with van der Waals surface area (Å²) < 4.78 is 5.33. The van der Waals surface area contributed by atoms with Crippen molar-refractivity contribution in [3.05, 3.63) is 0 Å². The first-order valence-electron chi connectivity index (χ1n) is 6.92. The first kappa shape index (κ1) is 12.9. The van der Waals surface area contributed by atoms with Gasteiger partial charge in [-0.25, -0.2) is 0 Å². The van der Waals surface area contributed by atoms with Gasteiger partial charge in [0.15, 0.2) is 0 Å². The van der Waals surface area contributed by atoms with E-state index in [0.29, 0.717) is 6.04 Å². The van der Waals surface area contributed by atoms with Crippen LogP contribution in [0, 0.1) is 5.92 Å². The topological polar surface area (TPSA) is 29.5 Å². The highest BCUT2D eigenvalue weighted by atomic mass is 16.5. The molecule has 2 aliphatic rings. The fourth-order valence-corrected chi connectivity index (χ4v) is 3.31. The molecule has 1 aliphatic carbocycles. The third-order valence-electron chi connectivity index (χ3n) is 4.53. The fourth-order valence-electron chi connectivity index (χ4n) is 3.31. The van der Waals surface area contributed by atoms with Crippen molar-refractivity contribution in [1.29, 1.82) is 0 Å². The van der Waals surface area contributed by atoms with Gasteiger partial charge in [-0.05, 0) is 45.4 Å². The van der Waals surface area contributed by atoms with E-state index in [0.717, 1.165) is 18.9 Å². The number of nitrogens with zero attached hydrogens (tertiary/aromatic N) is 1. The molecule has 1 amide bonds. The van der Waals surface area contributed by atoms with Crippen molar-refractivity contribution < 1.29 is 9.53 Å². The SMILES string of the molecule is COC(C)(C)C(=O)N1CCCC1C1CCCC1. The number of carbonyl (C=O) groups is 1. The van der Waals surface area contributed by atoms with Crippen LogP contribution in [0.3, 0.4) is 0 Å². The van der Waals surface area contributed by atoms with Gasteiger partial charge in [0.1, 0.15) is 5.60 Å². The Kier molecular flexibility index (Phi) is 3.76. The standard InChI is InChI=1S/C14H25NO2/c1-14(2,17-3)13(16)15-10-6-9-12(15)11-7-4-5-8-11/h11-12H,4-10H2,1-3H3. The molecule has 2 fully saturated rings. The van der Waals surface area contributed by atoms with Gasteiger partial charge < -0.3 is 9.64 Å². The molecule has 1 saturated heterocycles. The van der Waals surface area contributed by atoms with Crippen LogP contribution >= 0.6 is 0 Å². The largest absolute Gasteiger partial charge is 0.369 e. The molecule has 1 heterocycles. The fraction of sp³-hybridized carbons (Fsp3) is 0.929. The maximum Gasteiger partial charge on any atom is 0.254 e. The van der Waals surface area contributed by atoms with Gasteiger partial charge in [0, 0.05) is 19.7 Å². The Bertz CT molecular complexity index is 282. The summed E-state index contributed by atoms with van der Waals surface area (Å²) >= 11 is 0. The Morgan fingerprint density at radius 3 is 2.41 bits per heavy atom. The Balaban J connectivity index is 2.06. The van der Waals surface area contributed by atoms with Gasteiger partial charge in [0.2, 0.25) is 0 Å². The van der Waals surface area contributed by atoms with Gasteiger partial charge in [-0.2, -0.15) is 0 Å². The third kappa shape index (κ3) is 2.49. The number of methoxy groups -OCH3 is 1. The van der Waals surface area contributed by atoms with Crippen molar-refractivity contribution in [3.63, 3.8) is 0 Å².